The third-order valence-corrected chi connectivity index (χ3v) is 2.35. The second-order valence-corrected chi connectivity index (χ2v) is 4.78. The molecule has 0 aromatic heterocycles. The molecule has 0 heterocycles. The first-order chi connectivity index (χ1) is 10.2. The molecular formula is C15H30O6. The molecule has 0 amide bonds. The van der Waals surface area contributed by atoms with Gasteiger partial charge in [-0.05, 0) is 20.3 Å². The number of carbonyl (C=O) groups excluding carboxylic acids is 1. The smallest absolute Gasteiger partial charge is 0.332 e. The molecule has 0 fully saturated rings. The van der Waals surface area contributed by atoms with Crippen molar-refractivity contribution in [1.29, 1.82) is 0 Å². The van der Waals surface area contributed by atoms with Crippen LogP contribution in [0.1, 0.15) is 33.6 Å². The summed E-state index contributed by atoms with van der Waals surface area (Å²) in [6.45, 7) is 9.56. The Labute approximate surface area is 128 Å². The quantitative estimate of drug-likeness (QED) is 0.340. The summed E-state index contributed by atoms with van der Waals surface area (Å²) in [6, 6.07) is 0. The number of unbranched alkanes of at least 4 members (excludes halogenated alkanes) is 1. The van der Waals surface area contributed by atoms with Crippen LogP contribution in [-0.2, 0) is 28.5 Å². The van der Waals surface area contributed by atoms with E-state index in [-0.39, 0.29) is 18.7 Å². The number of esters is 1. The van der Waals surface area contributed by atoms with Crippen LogP contribution in [0.15, 0.2) is 0 Å². The van der Waals surface area contributed by atoms with E-state index >= 15 is 0 Å². The van der Waals surface area contributed by atoms with Gasteiger partial charge in [-0.25, -0.2) is 4.79 Å². The Hall–Kier alpha value is -0.690. The fourth-order valence-corrected chi connectivity index (χ4v) is 1.36. The van der Waals surface area contributed by atoms with Crippen molar-refractivity contribution in [3.8, 4) is 0 Å². The molecule has 0 aliphatic heterocycles. The molecule has 0 aliphatic carbocycles. The van der Waals surface area contributed by atoms with Crippen molar-refractivity contribution < 1.29 is 28.5 Å². The van der Waals surface area contributed by atoms with Crippen molar-refractivity contribution >= 4 is 5.97 Å². The van der Waals surface area contributed by atoms with Crippen molar-refractivity contribution in [2.24, 2.45) is 0 Å². The zero-order chi connectivity index (χ0) is 15.8. The number of hydrogen-bond donors (Lipinski definition) is 0. The third-order valence-electron chi connectivity index (χ3n) is 2.35. The van der Waals surface area contributed by atoms with Gasteiger partial charge in [0.1, 0.15) is 6.61 Å². The lowest BCUT2D eigenvalue weighted by Crippen LogP contribution is -2.19. The third kappa shape index (κ3) is 17.3. The first-order valence-electron chi connectivity index (χ1n) is 7.67. The van der Waals surface area contributed by atoms with Gasteiger partial charge in [0, 0.05) is 6.61 Å². The Morgan fingerprint density at radius 2 is 1.29 bits per heavy atom. The molecule has 6 heteroatoms. The predicted molar refractivity (Wildman–Crippen MR) is 79.4 cm³/mol. The summed E-state index contributed by atoms with van der Waals surface area (Å²) in [4.78, 5) is 11.1. The van der Waals surface area contributed by atoms with E-state index in [1.54, 1.807) is 13.8 Å². The highest BCUT2D eigenvalue weighted by Gasteiger charge is 2.04. The Balaban J connectivity index is 3.07. The van der Waals surface area contributed by atoms with E-state index in [2.05, 4.69) is 6.92 Å². The highest BCUT2D eigenvalue weighted by molar-refractivity contribution is 5.70. The van der Waals surface area contributed by atoms with Crippen LogP contribution in [0.4, 0.5) is 0 Å². The second kappa shape index (κ2) is 15.7. The minimum Gasteiger partial charge on any atom is -0.461 e. The van der Waals surface area contributed by atoms with Crippen LogP contribution in [0, 0.1) is 0 Å². The van der Waals surface area contributed by atoms with Gasteiger partial charge >= 0.3 is 5.97 Å². The maximum Gasteiger partial charge on any atom is 0.332 e. The van der Waals surface area contributed by atoms with E-state index < -0.39 is 0 Å². The van der Waals surface area contributed by atoms with Gasteiger partial charge in [-0.15, -0.1) is 0 Å². The van der Waals surface area contributed by atoms with Crippen molar-refractivity contribution in [3.05, 3.63) is 0 Å². The van der Waals surface area contributed by atoms with Crippen molar-refractivity contribution in [1.82, 2.24) is 0 Å². The first-order valence-corrected chi connectivity index (χ1v) is 7.67. The van der Waals surface area contributed by atoms with Crippen molar-refractivity contribution in [2.45, 2.75) is 39.7 Å². The zero-order valence-corrected chi connectivity index (χ0v) is 13.6. The molecule has 0 bridgehead atoms. The van der Waals surface area contributed by atoms with Crippen LogP contribution in [0.25, 0.3) is 0 Å². The van der Waals surface area contributed by atoms with Crippen LogP contribution in [0.2, 0.25) is 0 Å². The molecular weight excluding hydrogens is 276 g/mol. The fourth-order valence-electron chi connectivity index (χ4n) is 1.36. The Morgan fingerprint density at radius 3 is 1.76 bits per heavy atom. The Bertz CT molecular complexity index is 232. The maximum absolute atomic E-state index is 11.1. The van der Waals surface area contributed by atoms with Crippen LogP contribution in [0.5, 0.6) is 0 Å². The Kier molecular flexibility index (Phi) is 15.2. The largest absolute Gasteiger partial charge is 0.461 e. The SMILES string of the molecule is CCCCOCCOCCOCCOCC(=O)OC(C)C. The van der Waals surface area contributed by atoms with E-state index in [9.17, 15) is 4.79 Å². The van der Waals surface area contributed by atoms with Gasteiger partial charge in [-0.2, -0.15) is 0 Å². The lowest BCUT2D eigenvalue weighted by molar-refractivity contribution is -0.153. The average molecular weight is 306 g/mol. The Morgan fingerprint density at radius 1 is 0.810 bits per heavy atom. The van der Waals surface area contributed by atoms with E-state index in [0.29, 0.717) is 39.6 Å². The molecule has 0 saturated heterocycles. The van der Waals surface area contributed by atoms with Crippen LogP contribution in [0.3, 0.4) is 0 Å². The topological polar surface area (TPSA) is 63.2 Å². The van der Waals surface area contributed by atoms with E-state index in [1.165, 1.54) is 0 Å². The normalized spacial score (nSPS) is 11.0. The van der Waals surface area contributed by atoms with Crippen LogP contribution >= 0.6 is 0 Å². The summed E-state index contributed by atoms with van der Waals surface area (Å²) < 4.78 is 26.0. The van der Waals surface area contributed by atoms with Gasteiger partial charge in [0.25, 0.3) is 0 Å². The summed E-state index contributed by atoms with van der Waals surface area (Å²) in [5.41, 5.74) is 0. The summed E-state index contributed by atoms with van der Waals surface area (Å²) >= 11 is 0. The van der Waals surface area contributed by atoms with E-state index in [1.807, 2.05) is 0 Å². The molecule has 0 radical (unpaired) electrons. The molecule has 21 heavy (non-hydrogen) atoms. The summed E-state index contributed by atoms with van der Waals surface area (Å²) in [5, 5.41) is 0. The van der Waals surface area contributed by atoms with Crippen LogP contribution in [-0.4, -0.2) is 64.9 Å². The second-order valence-electron chi connectivity index (χ2n) is 4.78. The van der Waals surface area contributed by atoms with Gasteiger partial charge in [-0.3, -0.25) is 0 Å². The standard InChI is InChI=1S/C15H30O6/c1-4-5-6-17-7-8-18-9-10-19-11-12-20-13-15(16)21-14(2)3/h14H,4-13H2,1-3H3. The molecule has 0 aromatic carbocycles. The highest BCUT2D eigenvalue weighted by atomic mass is 16.6. The van der Waals surface area contributed by atoms with Gasteiger partial charge in [0.2, 0.25) is 0 Å². The zero-order valence-electron chi connectivity index (χ0n) is 13.6. The van der Waals surface area contributed by atoms with Gasteiger partial charge in [-0.1, -0.05) is 13.3 Å². The predicted octanol–water partition coefficient (Wildman–Crippen LogP) is 1.80. The van der Waals surface area contributed by atoms with Crippen molar-refractivity contribution in [3.63, 3.8) is 0 Å². The van der Waals surface area contributed by atoms with Crippen LogP contribution < -0.4 is 0 Å². The number of hydrogen-bond acceptors (Lipinski definition) is 6. The fraction of sp³-hybridized carbons (Fsp3) is 0.933. The number of ether oxygens (including phenoxy) is 5. The minimum atomic E-state index is -0.351. The molecule has 0 rings (SSSR count). The summed E-state index contributed by atoms with van der Waals surface area (Å²) in [6.07, 6.45) is 2.13. The number of carbonyl (C=O) groups is 1. The minimum absolute atomic E-state index is 0.0346. The average Bonchev–Trinajstić information content (AvgIpc) is 2.43. The lowest BCUT2D eigenvalue weighted by Gasteiger charge is -2.09. The molecule has 0 atom stereocenters. The number of rotatable bonds is 15. The monoisotopic (exact) mass is 306 g/mol. The molecule has 0 saturated carbocycles. The molecule has 0 aliphatic rings. The molecule has 6 nitrogen and oxygen atoms in total. The summed E-state index contributed by atoms with van der Waals surface area (Å²) in [7, 11) is 0. The molecule has 0 unspecified atom stereocenters. The van der Waals surface area contributed by atoms with Crippen molar-refractivity contribution in [2.75, 3.05) is 52.9 Å². The maximum atomic E-state index is 11.1. The molecule has 126 valence electrons. The van der Waals surface area contributed by atoms with Gasteiger partial charge in [0.15, 0.2) is 0 Å². The summed E-state index contributed by atoms with van der Waals surface area (Å²) in [5.74, 6) is -0.351. The van der Waals surface area contributed by atoms with Gasteiger partial charge < -0.3 is 23.7 Å². The molecule has 0 aromatic rings. The lowest BCUT2D eigenvalue weighted by atomic mass is 10.4. The van der Waals surface area contributed by atoms with Gasteiger partial charge in [0.05, 0.1) is 45.7 Å². The highest BCUT2D eigenvalue weighted by Crippen LogP contribution is 1.90. The molecule has 0 spiro atoms. The molecule has 0 N–H and O–H groups in total. The van der Waals surface area contributed by atoms with E-state index in [4.69, 9.17) is 23.7 Å². The van der Waals surface area contributed by atoms with E-state index in [0.717, 1.165) is 19.4 Å². The first kappa shape index (κ1) is 20.3.